The second kappa shape index (κ2) is 8.78. The highest BCUT2D eigenvalue weighted by atomic mass is 32.2. The summed E-state index contributed by atoms with van der Waals surface area (Å²) in [7, 11) is 1.60. The van der Waals surface area contributed by atoms with E-state index in [-0.39, 0.29) is 24.3 Å². The van der Waals surface area contributed by atoms with Crippen molar-refractivity contribution >= 4 is 58.1 Å². The number of thioether (sulfide) groups is 1. The zero-order valence-corrected chi connectivity index (χ0v) is 15.9. The molecule has 1 aliphatic rings. The van der Waals surface area contributed by atoms with Crippen LogP contribution in [-0.2, 0) is 14.4 Å². The van der Waals surface area contributed by atoms with Gasteiger partial charge in [-0.15, -0.1) is 0 Å². The number of carboxylic acids is 1. The Morgan fingerprint density at radius 2 is 1.96 bits per heavy atom. The molecule has 3 amide bonds. The maximum absolute atomic E-state index is 12.2. The van der Waals surface area contributed by atoms with Crippen LogP contribution in [0.4, 0.5) is 0 Å². The Kier molecular flexibility index (Phi) is 6.70. The van der Waals surface area contributed by atoms with E-state index >= 15 is 0 Å². The van der Waals surface area contributed by atoms with Gasteiger partial charge < -0.3 is 16.2 Å². The van der Waals surface area contributed by atoms with Crippen molar-refractivity contribution in [3.8, 4) is 0 Å². The van der Waals surface area contributed by atoms with E-state index in [1.165, 1.54) is 28.8 Å². The molecule has 27 heavy (non-hydrogen) atoms. The summed E-state index contributed by atoms with van der Waals surface area (Å²) in [5.74, 6) is -2.66. The van der Waals surface area contributed by atoms with E-state index in [2.05, 4.69) is 5.32 Å². The minimum absolute atomic E-state index is 0.0899. The zero-order valence-electron chi connectivity index (χ0n) is 14.3. The number of thiocarbonyl (C=S) groups is 1. The first kappa shape index (κ1) is 20.6. The van der Waals surface area contributed by atoms with Gasteiger partial charge in [0.25, 0.3) is 11.8 Å². The second-order valence-corrected chi connectivity index (χ2v) is 7.41. The Hall–Kier alpha value is -2.72. The van der Waals surface area contributed by atoms with Gasteiger partial charge in [0.2, 0.25) is 5.91 Å². The molecule has 0 saturated carbocycles. The molecule has 1 atom stereocenters. The standard InChI is InChI=1S/C17H17N3O5S2/c1-20-15(23)12(27-17(20)26)8-9-2-4-10(5-3-9)14(22)19-11(16(24)25)6-7-13(18)21/h2-5,8,11H,6-7H2,1H3,(H2,18,21)(H,19,22)(H,24,25)/b12-8+/t11-/m1/s1. The molecule has 0 bridgehead atoms. The number of primary amides is 1. The third kappa shape index (κ3) is 5.38. The van der Waals surface area contributed by atoms with Crippen molar-refractivity contribution in [3.63, 3.8) is 0 Å². The van der Waals surface area contributed by atoms with Crippen LogP contribution in [0.5, 0.6) is 0 Å². The van der Waals surface area contributed by atoms with Crippen LogP contribution in [0.25, 0.3) is 6.08 Å². The van der Waals surface area contributed by atoms with Gasteiger partial charge in [0, 0.05) is 19.0 Å². The number of hydrogen-bond acceptors (Lipinski definition) is 6. The number of carboxylic acid groups (broad SMARTS) is 1. The van der Waals surface area contributed by atoms with E-state index in [1.54, 1.807) is 25.3 Å². The molecule has 10 heteroatoms. The molecular weight excluding hydrogens is 390 g/mol. The molecule has 0 aliphatic carbocycles. The first-order valence-electron chi connectivity index (χ1n) is 7.82. The highest BCUT2D eigenvalue weighted by molar-refractivity contribution is 8.26. The molecule has 4 N–H and O–H groups in total. The lowest BCUT2D eigenvalue weighted by Gasteiger charge is -2.13. The van der Waals surface area contributed by atoms with Crippen LogP contribution >= 0.6 is 24.0 Å². The monoisotopic (exact) mass is 407 g/mol. The van der Waals surface area contributed by atoms with Gasteiger partial charge in [0.05, 0.1) is 4.91 Å². The molecule has 0 unspecified atom stereocenters. The van der Waals surface area contributed by atoms with Crippen LogP contribution in [0.3, 0.4) is 0 Å². The fourth-order valence-corrected chi connectivity index (χ4v) is 3.39. The Labute approximate surface area is 164 Å². The summed E-state index contributed by atoms with van der Waals surface area (Å²) in [4.78, 5) is 48.0. The van der Waals surface area contributed by atoms with Gasteiger partial charge in [-0.3, -0.25) is 19.3 Å². The summed E-state index contributed by atoms with van der Waals surface area (Å²) in [5.41, 5.74) is 5.96. The Morgan fingerprint density at radius 3 is 2.44 bits per heavy atom. The van der Waals surface area contributed by atoms with E-state index in [4.69, 9.17) is 23.1 Å². The van der Waals surface area contributed by atoms with Crippen LogP contribution in [0.1, 0.15) is 28.8 Å². The van der Waals surface area contributed by atoms with Crippen LogP contribution < -0.4 is 11.1 Å². The first-order chi connectivity index (χ1) is 12.7. The maximum Gasteiger partial charge on any atom is 0.326 e. The molecule has 0 radical (unpaired) electrons. The van der Waals surface area contributed by atoms with Gasteiger partial charge >= 0.3 is 5.97 Å². The number of likely N-dealkylation sites (N-methyl/N-ethyl adjacent to an activating group) is 1. The Morgan fingerprint density at radius 1 is 1.33 bits per heavy atom. The number of rotatable bonds is 7. The highest BCUT2D eigenvalue weighted by Gasteiger charge is 2.28. The Balaban J connectivity index is 2.06. The van der Waals surface area contributed by atoms with Crippen LogP contribution in [0.15, 0.2) is 29.2 Å². The number of nitrogens with zero attached hydrogens (tertiary/aromatic N) is 1. The molecule has 1 aromatic carbocycles. The number of amides is 3. The fraction of sp³-hybridized carbons (Fsp3) is 0.235. The van der Waals surface area contributed by atoms with Crippen molar-refractivity contribution in [2.24, 2.45) is 5.73 Å². The summed E-state index contributed by atoms with van der Waals surface area (Å²) in [6.07, 6.45) is 1.43. The van der Waals surface area contributed by atoms with E-state index in [0.717, 1.165) is 0 Å². The number of aliphatic carboxylic acids is 1. The van der Waals surface area contributed by atoms with Gasteiger partial charge in [-0.2, -0.15) is 0 Å². The SMILES string of the molecule is CN1C(=O)/C(=C\c2ccc(C(=O)N[C@H](CCC(N)=O)C(=O)O)cc2)SC1=S. The lowest BCUT2D eigenvalue weighted by molar-refractivity contribution is -0.139. The molecule has 1 aliphatic heterocycles. The number of hydrogen-bond donors (Lipinski definition) is 3. The molecule has 8 nitrogen and oxygen atoms in total. The summed E-state index contributed by atoms with van der Waals surface area (Å²) in [6.45, 7) is 0. The highest BCUT2D eigenvalue weighted by Crippen LogP contribution is 2.31. The predicted molar refractivity (Wildman–Crippen MR) is 105 cm³/mol. The fourth-order valence-electron chi connectivity index (χ4n) is 2.21. The summed E-state index contributed by atoms with van der Waals surface area (Å²) in [6, 6.07) is 5.09. The van der Waals surface area contributed by atoms with Gasteiger partial charge in [-0.25, -0.2) is 4.79 Å². The zero-order chi connectivity index (χ0) is 20.1. The first-order valence-corrected chi connectivity index (χ1v) is 9.05. The molecule has 2 rings (SSSR count). The normalized spacial score (nSPS) is 16.5. The lowest BCUT2D eigenvalue weighted by atomic mass is 10.1. The van der Waals surface area contributed by atoms with E-state index < -0.39 is 23.8 Å². The van der Waals surface area contributed by atoms with Crippen molar-refractivity contribution in [2.75, 3.05) is 7.05 Å². The lowest BCUT2D eigenvalue weighted by Crippen LogP contribution is -2.41. The van der Waals surface area contributed by atoms with Crippen LogP contribution in [-0.4, -0.2) is 51.1 Å². The third-order valence-electron chi connectivity index (χ3n) is 3.74. The average molecular weight is 407 g/mol. The van der Waals surface area contributed by atoms with Gasteiger partial charge in [-0.05, 0) is 30.2 Å². The Bertz CT molecular complexity index is 835. The molecular formula is C17H17N3O5S2. The average Bonchev–Trinajstić information content (AvgIpc) is 2.85. The number of carbonyl (C=O) groups is 4. The number of carbonyl (C=O) groups excluding carboxylic acids is 3. The maximum atomic E-state index is 12.2. The molecule has 142 valence electrons. The van der Waals surface area contributed by atoms with Crippen molar-refractivity contribution in [3.05, 3.63) is 40.3 Å². The van der Waals surface area contributed by atoms with Crippen LogP contribution in [0, 0.1) is 0 Å². The van der Waals surface area contributed by atoms with E-state index in [0.29, 0.717) is 14.8 Å². The van der Waals surface area contributed by atoms with Gasteiger partial charge in [0.1, 0.15) is 10.4 Å². The van der Waals surface area contributed by atoms with Crippen molar-refractivity contribution in [1.82, 2.24) is 10.2 Å². The number of nitrogens with one attached hydrogen (secondary N) is 1. The van der Waals surface area contributed by atoms with Gasteiger partial charge in [0.15, 0.2) is 0 Å². The van der Waals surface area contributed by atoms with Crippen molar-refractivity contribution < 1.29 is 24.3 Å². The summed E-state index contributed by atoms with van der Waals surface area (Å²) >= 11 is 6.26. The van der Waals surface area contributed by atoms with Crippen molar-refractivity contribution in [1.29, 1.82) is 0 Å². The molecule has 1 aromatic rings. The molecule has 1 fully saturated rings. The minimum Gasteiger partial charge on any atom is -0.480 e. The molecule has 1 heterocycles. The second-order valence-electron chi connectivity index (χ2n) is 5.73. The van der Waals surface area contributed by atoms with Crippen LogP contribution in [0.2, 0.25) is 0 Å². The number of nitrogens with two attached hydrogens (primary N) is 1. The number of benzene rings is 1. The molecule has 0 aromatic heterocycles. The largest absolute Gasteiger partial charge is 0.480 e. The van der Waals surface area contributed by atoms with Crippen molar-refractivity contribution in [2.45, 2.75) is 18.9 Å². The summed E-state index contributed by atoms with van der Waals surface area (Å²) < 4.78 is 0.470. The predicted octanol–water partition coefficient (Wildman–Crippen LogP) is 0.966. The summed E-state index contributed by atoms with van der Waals surface area (Å²) in [5, 5.41) is 11.5. The molecule has 1 saturated heterocycles. The van der Waals surface area contributed by atoms with E-state index in [9.17, 15) is 19.2 Å². The van der Waals surface area contributed by atoms with E-state index in [1.807, 2.05) is 0 Å². The quantitative estimate of drug-likeness (QED) is 0.453. The molecule has 0 spiro atoms. The minimum atomic E-state index is -1.25. The third-order valence-corrected chi connectivity index (χ3v) is 5.22. The topological polar surface area (TPSA) is 130 Å². The smallest absolute Gasteiger partial charge is 0.326 e. The van der Waals surface area contributed by atoms with Gasteiger partial charge in [-0.1, -0.05) is 36.1 Å².